The number of likely N-dealkylation sites (N-methyl/N-ethyl adjacent to an activating group) is 1. The van der Waals surface area contributed by atoms with Crippen molar-refractivity contribution in [3.05, 3.63) is 0 Å². The molecule has 0 aliphatic rings. The van der Waals surface area contributed by atoms with E-state index in [1.807, 2.05) is 21.1 Å². The second-order valence-electron chi connectivity index (χ2n) is 16.8. The number of carbonyl (C=O) groups excluding carboxylic acids is 1. The number of ether oxygens (including phenoxy) is 2. The minimum Gasteiger partial charge on any atom is -0.463 e. The predicted molar refractivity (Wildman–Crippen MR) is 224 cm³/mol. The molecule has 9 heteroatoms. The first-order valence-electron chi connectivity index (χ1n) is 22.8. The quantitative estimate of drug-likeness (QED) is 0.0285. The van der Waals surface area contributed by atoms with Gasteiger partial charge in [0.25, 0.3) is 0 Å². The average molecular weight is 777 g/mol. The van der Waals surface area contributed by atoms with Crippen LogP contribution >= 0.6 is 7.82 Å². The fourth-order valence-corrected chi connectivity index (χ4v) is 7.33. The van der Waals surface area contributed by atoms with Crippen LogP contribution in [-0.2, 0) is 27.9 Å². The van der Waals surface area contributed by atoms with Crippen LogP contribution in [0.15, 0.2) is 0 Å². The Kier molecular flexibility index (Phi) is 38.0. The molecule has 0 bridgehead atoms. The van der Waals surface area contributed by atoms with Crippen molar-refractivity contribution in [2.45, 2.75) is 225 Å². The van der Waals surface area contributed by atoms with E-state index in [9.17, 15) is 14.3 Å². The van der Waals surface area contributed by atoms with Gasteiger partial charge in [0.2, 0.25) is 0 Å². The number of carbonyl (C=O) groups is 1. The van der Waals surface area contributed by atoms with Crippen LogP contribution < -0.4 is 0 Å². The summed E-state index contributed by atoms with van der Waals surface area (Å²) in [4.78, 5) is 22.7. The van der Waals surface area contributed by atoms with Crippen molar-refractivity contribution in [2.24, 2.45) is 0 Å². The second-order valence-corrected chi connectivity index (χ2v) is 18.2. The Morgan fingerprint density at radius 1 is 0.509 bits per heavy atom. The summed E-state index contributed by atoms with van der Waals surface area (Å²) in [6, 6.07) is 0. The third kappa shape index (κ3) is 42.5. The van der Waals surface area contributed by atoms with Crippen LogP contribution in [0.5, 0.6) is 0 Å². The van der Waals surface area contributed by atoms with E-state index < -0.39 is 13.9 Å². The van der Waals surface area contributed by atoms with Gasteiger partial charge in [0.15, 0.2) is 0 Å². The number of quaternary nitrogens is 1. The number of rotatable bonds is 43. The number of phosphoric acid groups is 1. The molecule has 2 unspecified atom stereocenters. The standard InChI is InChI=1S/C44H90NO7P/c1-6-8-10-12-14-16-18-20-22-24-26-28-30-32-34-36-39-49-43(42-52-53(47,48)51-40-38-45(3,4)5)41-50-44(46)37-35-33-31-29-27-25-23-21-19-17-15-13-11-9-7-2/h43H,6-42H2,1-5H3/p+1. The highest BCUT2D eigenvalue weighted by atomic mass is 31.2. The molecule has 0 rings (SSSR count). The first kappa shape index (κ1) is 52.5. The molecular weight excluding hydrogens is 685 g/mol. The molecule has 318 valence electrons. The van der Waals surface area contributed by atoms with Gasteiger partial charge < -0.3 is 18.9 Å². The summed E-state index contributed by atoms with van der Waals surface area (Å²) in [6.45, 7) is 5.58. The average Bonchev–Trinajstić information content (AvgIpc) is 3.11. The van der Waals surface area contributed by atoms with Gasteiger partial charge in [-0.05, 0) is 12.8 Å². The maximum Gasteiger partial charge on any atom is 0.472 e. The van der Waals surface area contributed by atoms with Crippen LogP contribution in [0.25, 0.3) is 0 Å². The monoisotopic (exact) mass is 777 g/mol. The van der Waals surface area contributed by atoms with E-state index in [2.05, 4.69) is 13.8 Å². The zero-order valence-corrected chi connectivity index (χ0v) is 36.9. The molecule has 0 amide bonds. The lowest BCUT2D eigenvalue weighted by molar-refractivity contribution is -0.870. The Morgan fingerprint density at radius 2 is 0.868 bits per heavy atom. The zero-order chi connectivity index (χ0) is 39.1. The van der Waals surface area contributed by atoms with E-state index in [0.717, 1.165) is 32.1 Å². The van der Waals surface area contributed by atoms with Gasteiger partial charge >= 0.3 is 13.8 Å². The molecule has 0 aromatic heterocycles. The van der Waals surface area contributed by atoms with Crippen molar-refractivity contribution in [3.8, 4) is 0 Å². The van der Waals surface area contributed by atoms with Crippen LogP contribution in [0.1, 0.15) is 219 Å². The lowest BCUT2D eigenvalue weighted by Crippen LogP contribution is -2.37. The summed E-state index contributed by atoms with van der Waals surface area (Å²) < 4.78 is 35.1. The summed E-state index contributed by atoms with van der Waals surface area (Å²) in [5.74, 6) is -0.248. The Bertz CT molecular complexity index is 822. The van der Waals surface area contributed by atoms with Gasteiger partial charge in [-0.1, -0.05) is 200 Å². The minimum absolute atomic E-state index is 0.00924. The second kappa shape index (κ2) is 38.4. The maximum absolute atomic E-state index is 12.5. The molecule has 0 heterocycles. The van der Waals surface area contributed by atoms with Gasteiger partial charge in [-0.3, -0.25) is 13.8 Å². The molecule has 8 nitrogen and oxygen atoms in total. The number of phosphoric ester groups is 1. The predicted octanol–water partition coefficient (Wildman–Crippen LogP) is 13.3. The summed E-state index contributed by atoms with van der Waals surface area (Å²) in [5, 5.41) is 0. The summed E-state index contributed by atoms with van der Waals surface area (Å²) in [7, 11) is 1.73. The van der Waals surface area contributed by atoms with Crippen molar-refractivity contribution < 1.29 is 37.3 Å². The SMILES string of the molecule is CCCCCCCCCCCCCCCCCCOC(COC(=O)CCCCCCCCCCCCCCCCC)COP(=O)(O)OCC[N+](C)(C)C. The van der Waals surface area contributed by atoms with Crippen LogP contribution in [0.3, 0.4) is 0 Å². The van der Waals surface area contributed by atoms with Gasteiger partial charge in [0.1, 0.15) is 25.9 Å². The van der Waals surface area contributed by atoms with Crippen LogP contribution in [0.4, 0.5) is 0 Å². The van der Waals surface area contributed by atoms with E-state index in [4.69, 9.17) is 18.5 Å². The molecular formula is C44H91NO7P+. The third-order valence-corrected chi connectivity index (χ3v) is 11.2. The molecule has 0 aliphatic carbocycles. The fourth-order valence-electron chi connectivity index (χ4n) is 6.59. The Morgan fingerprint density at radius 3 is 1.25 bits per heavy atom. The van der Waals surface area contributed by atoms with E-state index in [0.29, 0.717) is 24.1 Å². The van der Waals surface area contributed by atoms with Crippen LogP contribution in [0, 0.1) is 0 Å². The Labute approximate surface area is 329 Å². The normalized spacial score (nSPS) is 13.7. The number of unbranched alkanes of at least 4 members (excludes halogenated alkanes) is 29. The van der Waals surface area contributed by atoms with Crippen molar-refractivity contribution in [1.82, 2.24) is 0 Å². The highest BCUT2D eigenvalue weighted by Gasteiger charge is 2.25. The Balaban J connectivity index is 4.16. The zero-order valence-electron chi connectivity index (χ0n) is 36.0. The minimum atomic E-state index is -4.23. The highest BCUT2D eigenvalue weighted by Crippen LogP contribution is 2.43. The van der Waals surface area contributed by atoms with Gasteiger partial charge in [-0.25, -0.2) is 4.57 Å². The summed E-state index contributed by atoms with van der Waals surface area (Å²) >= 11 is 0. The molecule has 0 aromatic rings. The van der Waals surface area contributed by atoms with Gasteiger partial charge in [0.05, 0.1) is 27.7 Å². The molecule has 2 atom stereocenters. The van der Waals surface area contributed by atoms with E-state index >= 15 is 0 Å². The molecule has 0 aliphatic heterocycles. The highest BCUT2D eigenvalue weighted by molar-refractivity contribution is 7.47. The molecule has 0 saturated carbocycles. The Hall–Kier alpha value is -0.500. The van der Waals surface area contributed by atoms with Crippen molar-refractivity contribution in [3.63, 3.8) is 0 Å². The molecule has 0 radical (unpaired) electrons. The first-order chi connectivity index (χ1) is 25.6. The number of hydrogen-bond donors (Lipinski definition) is 1. The van der Waals surface area contributed by atoms with Gasteiger partial charge in [-0.15, -0.1) is 0 Å². The summed E-state index contributed by atoms with van der Waals surface area (Å²) in [6.07, 6.45) is 40.0. The number of hydrogen-bond acceptors (Lipinski definition) is 6. The molecule has 53 heavy (non-hydrogen) atoms. The molecule has 0 fully saturated rings. The van der Waals surface area contributed by atoms with E-state index in [1.165, 1.54) is 167 Å². The van der Waals surface area contributed by atoms with Crippen molar-refractivity contribution >= 4 is 13.8 Å². The van der Waals surface area contributed by atoms with Gasteiger partial charge in [0, 0.05) is 13.0 Å². The van der Waals surface area contributed by atoms with Crippen molar-refractivity contribution in [1.29, 1.82) is 0 Å². The third-order valence-electron chi connectivity index (χ3n) is 10.2. The largest absolute Gasteiger partial charge is 0.472 e. The molecule has 0 aromatic carbocycles. The van der Waals surface area contributed by atoms with Crippen LogP contribution in [0.2, 0.25) is 0 Å². The smallest absolute Gasteiger partial charge is 0.463 e. The summed E-state index contributed by atoms with van der Waals surface area (Å²) in [5.41, 5.74) is 0. The molecule has 0 spiro atoms. The topological polar surface area (TPSA) is 91.3 Å². The lowest BCUT2D eigenvalue weighted by Gasteiger charge is -2.24. The first-order valence-corrected chi connectivity index (χ1v) is 24.3. The fraction of sp³-hybridized carbons (Fsp3) is 0.977. The van der Waals surface area contributed by atoms with E-state index in [-0.39, 0.29) is 25.8 Å². The number of nitrogens with zero attached hydrogens (tertiary/aromatic N) is 1. The van der Waals surface area contributed by atoms with E-state index in [1.54, 1.807) is 0 Å². The molecule has 0 saturated heterocycles. The van der Waals surface area contributed by atoms with Crippen molar-refractivity contribution in [2.75, 3.05) is 54.1 Å². The van der Waals surface area contributed by atoms with Gasteiger partial charge in [-0.2, -0.15) is 0 Å². The number of esters is 1. The lowest BCUT2D eigenvalue weighted by atomic mass is 10.0. The van der Waals surface area contributed by atoms with Crippen LogP contribution in [-0.4, -0.2) is 75.6 Å². The molecule has 1 N–H and O–H groups in total. The maximum atomic E-state index is 12.5.